The molecule has 2 atom stereocenters. The molecule has 0 heterocycles. The molecule has 1 aromatic carbocycles. The Bertz CT molecular complexity index is 344. The van der Waals surface area contributed by atoms with E-state index in [0.717, 1.165) is 18.4 Å². The fraction of sp³-hybridized carbons (Fsp3) is 0.538. The first-order valence-electron chi connectivity index (χ1n) is 5.85. The van der Waals surface area contributed by atoms with Crippen LogP contribution in [0.5, 0.6) is 5.75 Å². The molecule has 0 fully saturated rings. The predicted molar refractivity (Wildman–Crippen MR) is 64.1 cm³/mol. The van der Waals surface area contributed by atoms with Crippen LogP contribution in [0.3, 0.4) is 0 Å². The zero-order valence-corrected chi connectivity index (χ0v) is 10.2. The number of ether oxygens (including phenoxy) is 1. The molecule has 2 N–H and O–H groups in total. The predicted octanol–water partition coefficient (Wildman–Crippen LogP) is 3.72. The quantitative estimate of drug-likeness (QED) is 0.826. The maximum absolute atomic E-state index is 12.1. The van der Waals surface area contributed by atoms with Gasteiger partial charge in [-0.1, -0.05) is 32.4 Å². The van der Waals surface area contributed by atoms with Crippen molar-refractivity contribution in [3.63, 3.8) is 0 Å². The molecule has 0 bridgehead atoms. The third kappa shape index (κ3) is 4.30. The summed E-state index contributed by atoms with van der Waals surface area (Å²) in [6.07, 6.45) is 2.07. The van der Waals surface area contributed by atoms with Crippen molar-refractivity contribution < 1.29 is 13.5 Å². The van der Waals surface area contributed by atoms with Crippen LogP contribution in [0.15, 0.2) is 24.3 Å². The van der Waals surface area contributed by atoms with Gasteiger partial charge in [0.15, 0.2) is 0 Å². The molecule has 0 saturated carbocycles. The molecule has 0 aliphatic rings. The van der Waals surface area contributed by atoms with Crippen molar-refractivity contribution >= 4 is 0 Å². The minimum absolute atomic E-state index is 0.142. The number of nitrogens with two attached hydrogens (primary N) is 1. The summed E-state index contributed by atoms with van der Waals surface area (Å²) in [5.74, 6) is 0.485. The molecule has 0 aromatic heterocycles. The topological polar surface area (TPSA) is 35.2 Å². The van der Waals surface area contributed by atoms with Gasteiger partial charge in [0.25, 0.3) is 0 Å². The lowest BCUT2D eigenvalue weighted by Gasteiger charge is -2.20. The van der Waals surface area contributed by atoms with Crippen LogP contribution in [0.1, 0.15) is 38.3 Å². The summed E-state index contributed by atoms with van der Waals surface area (Å²) in [6, 6.07) is 6.48. The Morgan fingerprint density at radius 2 is 2.06 bits per heavy atom. The molecule has 4 heteroatoms. The van der Waals surface area contributed by atoms with Gasteiger partial charge in [0.2, 0.25) is 0 Å². The molecule has 0 aliphatic heterocycles. The highest BCUT2D eigenvalue weighted by Gasteiger charge is 2.15. The van der Waals surface area contributed by atoms with E-state index in [1.165, 1.54) is 6.07 Å². The van der Waals surface area contributed by atoms with Gasteiger partial charge in [0.05, 0.1) is 0 Å². The molecule has 17 heavy (non-hydrogen) atoms. The zero-order valence-electron chi connectivity index (χ0n) is 10.2. The molecule has 1 rings (SSSR count). The number of alkyl halides is 2. The maximum atomic E-state index is 12.1. The number of hydrogen-bond acceptors (Lipinski definition) is 2. The minimum atomic E-state index is -2.80. The first-order chi connectivity index (χ1) is 8.04. The Labute approximate surface area is 101 Å². The third-order valence-electron chi connectivity index (χ3n) is 2.83. The molecule has 2 unspecified atom stereocenters. The van der Waals surface area contributed by atoms with Crippen molar-refractivity contribution in [1.82, 2.24) is 0 Å². The van der Waals surface area contributed by atoms with E-state index in [-0.39, 0.29) is 11.8 Å². The first kappa shape index (κ1) is 13.9. The molecular formula is C13H19F2NO. The van der Waals surface area contributed by atoms with Crippen molar-refractivity contribution in [2.24, 2.45) is 11.7 Å². The molecule has 0 spiro atoms. The van der Waals surface area contributed by atoms with E-state index in [1.54, 1.807) is 12.1 Å². The molecule has 0 saturated heterocycles. The summed E-state index contributed by atoms with van der Waals surface area (Å²) in [7, 11) is 0. The van der Waals surface area contributed by atoms with Gasteiger partial charge in [-0.3, -0.25) is 0 Å². The smallest absolute Gasteiger partial charge is 0.387 e. The normalized spacial score (nSPS) is 14.7. The number of halogens is 2. The van der Waals surface area contributed by atoms with Crippen molar-refractivity contribution in [2.45, 2.75) is 39.3 Å². The van der Waals surface area contributed by atoms with Crippen LogP contribution < -0.4 is 10.5 Å². The Morgan fingerprint density at radius 1 is 1.35 bits per heavy atom. The minimum Gasteiger partial charge on any atom is -0.435 e. The van der Waals surface area contributed by atoms with Crippen molar-refractivity contribution in [3.8, 4) is 5.75 Å². The van der Waals surface area contributed by atoms with E-state index in [1.807, 2.05) is 6.07 Å². The Balaban J connectivity index is 2.76. The Kier molecular flexibility index (Phi) is 5.35. The fourth-order valence-corrected chi connectivity index (χ4v) is 1.86. The van der Waals surface area contributed by atoms with Crippen molar-refractivity contribution in [2.75, 3.05) is 0 Å². The van der Waals surface area contributed by atoms with Gasteiger partial charge in [-0.05, 0) is 30.0 Å². The molecule has 0 aliphatic carbocycles. The Hall–Kier alpha value is -1.16. The second kappa shape index (κ2) is 6.55. The lowest BCUT2D eigenvalue weighted by molar-refractivity contribution is -0.0499. The van der Waals surface area contributed by atoms with Crippen molar-refractivity contribution in [3.05, 3.63) is 29.8 Å². The SMILES string of the molecule is CCCC(C)C(N)c1cccc(OC(F)F)c1. The third-order valence-corrected chi connectivity index (χ3v) is 2.83. The monoisotopic (exact) mass is 243 g/mol. The van der Waals surface area contributed by atoms with Crippen LogP contribution in [0, 0.1) is 5.92 Å². The van der Waals surface area contributed by atoms with Crippen LogP contribution in [0.25, 0.3) is 0 Å². The maximum Gasteiger partial charge on any atom is 0.387 e. The van der Waals surface area contributed by atoms with Gasteiger partial charge in [0.1, 0.15) is 5.75 Å². The average Bonchev–Trinajstić information content (AvgIpc) is 2.28. The van der Waals surface area contributed by atoms with E-state index in [0.29, 0.717) is 5.92 Å². The largest absolute Gasteiger partial charge is 0.435 e. The van der Waals surface area contributed by atoms with E-state index < -0.39 is 6.61 Å². The summed E-state index contributed by atoms with van der Waals surface area (Å²) in [6.45, 7) is 1.36. The van der Waals surface area contributed by atoms with Gasteiger partial charge < -0.3 is 10.5 Å². The second-order valence-corrected chi connectivity index (χ2v) is 4.24. The molecular weight excluding hydrogens is 224 g/mol. The highest BCUT2D eigenvalue weighted by molar-refractivity contribution is 5.30. The fourth-order valence-electron chi connectivity index (χ4n) is 1.86. The first-order valence-corrected chi connectivity index (χ1v) is 5.85. The summed E-state index contributed by atoms with van der Waals surface area (Å²) in [4.78, 5) is 0. The van der Waals surface area contributed by atoms with Gasteiger partial charge in [0, 0.05) is 6.04 Å². The molecule has 1 aromatic rings. The zero-order chi connectivity index (χ0) is 12.8. The molecule has 96 valence electrons. The lowest BCUT2D eigenvalue weighted by atomic mass is 9.92. The molecule has 0 amide bonds. The van der Waals surface area contributed by atoms with E-state index in [2.05, 4.69) is 18.6 Å². The van der Waals surface area contributed by atoms with Gasteiger partial charge in [-0.15, -0.1) is 0 Å². The summed E-state index contributed by atoms with van der Waals surface area (Å²) in [5.41, 5.74) is 6.92. The van der Waals surface area contributed by atoms with Crippen LogP contribution >= 0.6 is 0 Å². The van der Waals surface area contributed by atoms with Crippen LogP contribution in [0.4, 0.5) is 8.78 Å². The summed E-state index contributed by atoms with van der Waals surface area (Å²) >= 11 is 0. The number of hydrogen-bond donors (Lipinski definition) is 1. The molecule has 0 radical (unpaired) electrons. The van der Waals surface area contributed by atoms with Gasteiger partial charge in [-0.25, -0.2) is 0 Å². The highest BCUT2D eigenvalue weighted by Crippen LogP contribution is 2.26. The highest BCUT2D eigenvalue weighted by atomic mass is 19.3. The number of rotatable bonds is 6. The van der Waals surface area contributed by atoms with E-state index in [4.69, 9.17) is 5.73 Å². The van der Waals surface area contributed by atoms with Crippen LogP contribution in [0.2, 0.25) is 0 Å². The van der Waals surface area contributed by atoms with Crippen LogP contribution in [-0.4, -0.2) is 6.61 Å². The average molecular weight is 243 g/mol. The molecule has 2 nitrogen and oxygen atoms in total. The van der Waals surface area contributed by atoms with Crippen molar-refractivity contribution in [1.29, 1.82) is 0 Å². The van der Waals surface area contributed by atoms with E-state index >= 15 is 0 Å². The lowest BCUT2D eigenvalue weighted by Crippen LogP contribution is -2.19. The van der Waals surface area contributed by atoms with Gasteiger partial charge in [-0.2, -0.15) is 8.78 Å². The van der Waals surface area contributed by atoms with Gasteiger partial charge >= 0.3 is 6.61 Å². The van der Waals surface area contributed by atoms with E-state index in [9.17, 15) is 8.78 Å². The standard InChI is InChI=1S/C13H19F2NO/c1-3-5-9(2)12(16)10-6-4-7-11(8-10)17-13(14)15/h4,6-9,12-13H,3,5,16H2,1-2H3. The Morgan fingerprint density at radius 3 is 2.65 bits per heavy atom. The number of benzene rings is 1. The summed E-state index contributed by atoms with van der Waals surface area (Å²) < 4.78 is 28.5. The summed E-state index contributed by atoms with van der Waals surface area (Å²) in [5, 5.41) is 0. The van der Waals surface area contributed by atoms with Crippen LogP contribution in [-0.2, 0) is 0 Å². The second-order valence-electron chi connectivity index (χ2n) is 4.24.